The first kappa shape index (κ1) is 20.0. The zero-order valence-electron chi connectivity index (χ0n) is 15.4. The number of halogens is 3. The number of aromatic amines is 1. The molecule has 1 aliphatic heterocycles. The highest BCUT2D eigenvalue weighted by Crippen LogP contribution is 2.34. The molecule has 0 spiro atoms. The largest absolute Gasteiger partial charge is 0.332 e. The maximum Gasteiger partial charge on any atom is 0.332 e. The number of benzene rings is 1. The van der Waals surface area contributed by atoms with Crippen LogP contribution in [0.3, 0.4) is 0 Å². The van der Waals surface area contributed by atoms with Crippen LogP contribution in [0.25, 0.3) is 0 Å². The fourth-order valence-electron chi connectivity index (χ4n) is 2.67. The van der Waals surface area contributed by atoms with Crippen LogP contribution < -0.4 is 0 Å². The fourth-order valence-corrected chi connectivity index (χ4v) is 2.67. The highest BCUT2D eigenvalue weighted by molar-refractivity contribution is 6.00. The van der Waals surface area contributed by atoms with Crippen molar-refractivity contribution in [3.05, 3.63) is 76.9 Å². The Kier molecular flexibility index (Phi) is 5.59. The molecule has 1 aromatic carbocycles. The van der Waals surface area contributed by atoms with Gasteiger partial charge in [0, 0.05) is 11.1 Å². The molecule has 0 saturated carbocycles. The average molecular weight is 399 g/mol. The van der Waals surface area contributed by atoms with E-state index < -0.39 is 17.6 Å². The molecule has 0 fully saturated rings. The summed E-state index contributed by atoms with van der Waals surface area (Å²) in [4.78, 5) is 0. The monoisotopic (exact) mass is 399 g/mol. The van der Waals surface area contributed by atoms with Crippen LogP contribution in [-0.4, -0.2) is 37.9 Å². The first-order valence-electron chi connectivity index (χ1n) is 8.50. The van der Waals surface area contributed by atoms with Gasteiger partial charge in [-0.15, -0.1) is 5.10 Å². The second-order valence-corrected chi connectivity index (χ2v) is 6.25. The van der Waals surface area contributed by atoms with Crippen molar-refractivity contribution in [2.75, 3.05) is 6.54 Å². The second-order valence-electron chi connectivity index (χ2n) is 6.25. The van der Waals surface area contributed by atoms with E-state index in [2.05, 4.69) is 32.3 Å². The number of hydrogen-bond donors (Lipinski definition) is 1. The lowest BCUT2D eigenvalue weighted by molar-refractivity contribution is 0.0314. The van der Waals surface area contributed by atoms with Gasteiger partial charge in [0.1, 0.15) is 5.82 Å². The predicted octanol–water partition coefficient (Wildman–Crippen LogP) is 3.23. The summed E-state index contributed by atoms with van der Waals surface area (Å²) in [6.45, 7) is 5.33. The minimum Gasteiger partial charge on any atom is -0.288 e. The molecule has 7 nitrogen and oxygen atoms in total. The van der Waals surface area contributed by atoms with Gasteiger partial charge in [-0.05, 0) is 35.1 Å². The summed E-state index contributed by atoms with van der Waals surface area (Å²) in [6, 6.07) is 6.08. The highest BCUT2D eigenvalue weighted by Gasteiger charge is 2.39. The van der Waals surface area contributed by atoms with Crippen molar-refractivity contribution in [2.45, 2.75) is 19.4 Å². The van der Waals surface area contributed by atoms with Crippen molar-refractivity contribution in [1.29, 1.82) is 5.26 Å². The van der Waals surface area contributed by atoms with Crippen molar-refractivity contribution < 1.29 is 13.2 Å². The molecule has 0 unspecified atom stereocenters. The number of H-pyrrole nitrogens is 1. The Labute approximate surface area is 164 Å². The van der Waals surface area contributed by atoms with E-state index in [-0.39, 0.29) is 29.8 Å². The molecular formula is C19H16F3N7. The van der Waals surface area contributed by atoms with Gasteiger partial charge in [-0.3, -0.25) is 5.01 Å². The van der Waals surface area contributed by atoms with Crippen molar-refractivity contribution in [2.24, 2.45) is 5.10 Å². The number of tetrazole rings is 1. The Balaban J connectivity index is 1.98. The number of hydrogen-bond acceptors (Lipinski definition) is 6. The van der Waals surface area contributed by atoms with E-state index in [0.717, 1.165) is 0 Å². The molecule has 2 aromatic rings. The van der Waals surface area contributed by atoms with Gasteiger partial charge in [-0.25, -0.2) is 9.49 Å². The van der Waals surface area contributed by atoms with Crippen molar-refractivity contribution in [3.63, 3.8) is 0 Å². The summed E-state index contributed by atoms with van der Waals surface area (Å²) in [5.74, 6) is -4.76. The SMILES string of the molecule is C=C1/C=C\C(C(F)(F)c2nnn[nH]2)=C/CN(Cc2c(F)cccc2C#N)/N=C\1C. The van der Waals surface area contributed by atoms with Gasteiger partial charge >= 0.3 is 5.92 Å². The summed E-state index contributed by atoms with van der Waals surface area (Å²) in [5.41, 5.74) is 0.780. The van der Waals surface area contributed by atoms with E-state index in [1.54, 1.807) is 6.92 Å². The molecule has 10 heteroatoms. The lowest BCUT2D eigenvalue weighted by Crippen LogP contribution is -2.23. The van der Waals surface area contributed by atoms with Crippen molar-refractivity contribution in [1.82, 2.24) is 25.6 Å². The summed E-state index contributed by atoms with van der Waals surface area (Å²) >= 11 is 0. The number of hydrazone groups is 1. The Bertz CT molecular complexity index is 1050. The van der Waals surface area contributed by atoms with E-state index in [0.29, 0.717) is 11.3 Å². The van der Waals surface area contributed by atoms with Crippen LogP contribution in [0.1, 0.15) is 23.9 Å². The molecule has 0 bridgehead atoms. The molecule has 1 N–H and O–H groups in total. The molecule has 0 amide bonds. The normalized spacial score (nSPS) is 19.8. The fraction of sp³-hybridized carbons (Fsp3) is 0.211. The lowest BCUT2D eigenvalue weighted by atomic mass is 10.0. The van der Waals surface area contributed by atoms with E-state index in [9.17, 15) is 18.4 Å². The highest BCUT2D eigenvalue weighted by atomic mass is 19.3. The molecule has 148 valence electrons. The van der Waals surface area contributed by atoms with Crippen LogP contribution in [0.15, 0.2) is 59.3 Å². The lowest BCUT2D eigenvalue weighted by Gasteiger charge is -2.20. The van der Waals surface area contributed by atoms with Gasteiger partial charge in [0.05, 0.1) is 30.4 Å². The average Bonchev–Trinajstić information content (AvgIpc) is 3.25. The number of nitriles is 1. The molecule has 1 aromatic heterocycles. The molecule has 0 radical (unpaired) electrons. The zero-order valence-corrected chi connectivity index (χ0v) is 15.4. The van der Waals surface area contributed by atoms with E-state index in [1.807, 2.05) is 6.07 Å². The molecule has 1 aliphatic rings. The van der Waals surface area contributed by atoms with Gasteiger partial charge in [0.25, 0.3) is 0 Å². The number of nitrogens with zero attached hydrogens (tertiary/aromatic N) is 6. The van der Waals surface area contributed by atoms with Gasteiger partial charge in [-0.1, -0.05) is 30.9 Å². The summed E-state index contributed by atoms with van der Waals surface area (Å²) in [7, 11) is 0. The van der Waals surface area contributed by atoms with Crippen molar-refractivity contribution in [3.8, 4) is 6.07 Å². The quantitative estimate of drug-likeness (QED) is 0.852. The van der Waals surface area contributed by atoms with Crippen LogP contribution in [0.5, 0.6) is 0 Å². The molecular weight excluding hydrogens is 383 g/mol. The van der Waals surface area contributed by atoms with Gasteiger partial charge in [0.15, 0.2) is 0 Å². The maximum absolute atomic E-state index is 14.8. The molecule has 0 saturated heterocycles. The van der Waals surface area contributed by atoms with Crippen LogP contribution in [0.2, 0.25) is 0 Å². The third-order valence-electron chi connectivity index (χ3n) is 4.33. The van der Waals surface area contributed by atoms with Crippen molar-refractivity contribution >= 4 is 5.71 Å². The second kappa shape index (κ2) is 8.10. The Morgan fingerprint density at radius 3 is 2.83 bits per heavy atom. The summed E-state index contributed by atoms with van der Waals surface area (Å²) in [6.07, 6.45) is 3.88. The summed E-state index contributed by atoms with van der Waals surface area (Å²) < 4.78 is 43.9. The van der Waals surface area contributed by atoms with E-state index in [4.69, 9.17) is 0 Å². The van der Waals surface area contributed by atoms with Crippen LogP contribution in [0.4, 0.5) is 13.2 Å². The number of allylic oxidation sites excluding steroid dienone is 4. The molecule has 0 aliphatic carbocycles. The maximum atomic E-state index is 14.8. The minimum atomic E-state index is -3.49. The Morgan fingerprint density at radius 2 is 2.14 bits per heavy atom. The molecule has 29 heavy (non-hydrogen) atoms. The number of nitrogens with one attached hydrogen (secondary N) is 1. The van der Waals surface area contributed by atoms with Gasteiger partial charge in [0.2, 0.25) is 5.82 Å². The number of aromatic nitrogens is 4. The number of alkyl halides is 2. The van der Waals surface area contributed by atoms with Crippen LogP contribution >= 0.6 is 0 Å². The first-order chi connectivity index (χ1) is 13.8. The van der Waals surface area contributed by atoms with E-state index >= 15 is 0 Å². The number of rotatable bonds is 4. The van der Waals surface area contributed by atoms with Crippen LogP contribution in [0, 0.1) is 17.1 Å². The predicted molar refractivity (Wildman–Crippen MR) is 99.1 cm³/mol. The van der Waals surface area contributed by atoms with Gasteiger partial charge in [-0.2, -0.15) is 19.1 Å². The standard InChI is InChI=1S/C19H16F3N7/c1-12-6-7-15(19(21,22)18-24-27-28-25-18)8-9-29(26-13(12)2)11-16-14(10-23)4-3-5-17(16)20/h3-8H,1,9,11H2,2H3,(H,24,25,27,28)/b7-6-,15-8+,26-13-. The summed E-state index contributed by atoms with van der Waals surface area (Å²) in [5, 5.41) is 26.7. The third kappa shape index (κ3) is 4.24. The smallest absolute Gasteiger partial charge is 0.288 e. The molecule has 0 atom stereocenters. The molecule has 3 rings (SSSR count). The topological polar surface area (TPSA) is 93.9 Å². The molecule has 2 heterocycles. The third-order valence-corrected chi connectivity index (χ3v) is 4.33. The van der Waals surface area contributed by atoms with Crippen LogP contribution in [-0.2, 0) is 12.5 Å². The Hall–Kier alpha value is -3.74. The van der Waals surface area contributed by atoms with Gasteiger partial charge < -0.3 is 0 Å². The Morgan fingerprint density at radius 1 is 1.34 bits per heavy atom. The zero-order chi connectivity index (χ0) is 21.0. The first-order valence-corrected chi connectivity index (χ1v) is 8.50. The van der Waals surface area contributed by atoms with E-state index in [1.165, 1.54) is 41.4 Å². The minimum absolute atomic E-state index is 0.0688.